The van der Waals surface area contributed by atoms with E-state index in [0.29, 0.717) is 25.0 Å². The predicted octanol–water partition coefficient (Wildman–Crippen LogP) is 0.693. The normalized spacial score (nSPS) is 30.6. The highest BCUT2D eigenvalue weighted by Gasteiger charge is 2.35. The second-order valence-electron chi connectivity index (χ2n) is 5.58. The van der Waals surface area contributed by atoms with Crippen molar-refractivity contribution in [2.24, 2.45) is 5.92 Å². The van der Waals surface area contributed by atoms with E-state index >= 15 is 0 Å². The van der Waals surface area contributed by atoms with Gasteiger partial charge in [0.25, 0.3) is 10.2 Å². The fourth-order valence-electron chi connectivity index (χ4n) is 2.44. The van der Waals surface area contributed by atoms with Crippen molar-refractivity contribution in [3.05, 3.63) is 0 Å². The van der Waals surface area contributed by atoms with E-state index in [2.05, 4.69) is 23.9 Å². The number of hydrogen-bond acceptors (Lipinski definition) is 3. The average Bonchev–Trinajstić information content (AvgIpc) is 3.10. The number of hydrogen-bond donors (Lipinski definition) is 2. The third-order valence-electron chi connectivity index (χ3n) is 3.76. The van der Waals surface area contributed by atoms with Gasteiger partial charge in [-0.25, -0.2) is 0 Å². The summed E-state index contributed by atoms with van der Waals surface area (Å²) in [4.78, 5) is 0. The summed E-state index contributed by atoms with van der Waals surface area (Å²) in [6.07, 6.45) is 4.01. The first-order chi connectivity index (χ1) is 8.53. The Balaban J connectivity index is 1.86. The third kappa shape index (κ3) is 3.66. The first kappa shape index (κ1) is 14.2. The van der Waals surface area contributed by atoms with Crippen LogP contribution in [0.4, 0.5) is 0 Å². The van der Waals surface area contributed by atoms with Crippen molar-refractivity contribution >= 4 is 10.2 Å². The van der Waals surface area contributed by atoms with E-state index in [1.54, 1.807) is 4.31 Å². The fourth-order valence-corrected chi connectivity index (χ4v) is 4.03. The zero-order valence-electron chi connectivity index (χ0n) is 11.4. The summed E-state index contributed by atoms with van der Waals surface area (Å²) in [6.45, 7) is 6.56. The molecule has 0 aromatic rings. The van der Waals surface area contributed by atoms with Crippen LogP contribution in [0.5, 0.6) is 0 Å². The van der Waals surface area contributed by atoms with Gasteiger partial charge in [0, 0.05) is 25.2 Å². The lowest BCUT2D eigenvalue weighted by molar-refractivity contribution is 0.219. The summed E-state index contributed by atoms with van der Waals surface area (Å²) in [7, 11) is -3.24. The molecule has 1 heterocycles. The third-order valence-corrected chi connectivity index (χ3v) is 5.40. The van der Waals surface area contributed by atoms with E-state index in [9.17, 15) is 8.42 Å². The van der Waals surface area contributed by atoms with Crippen molar-refractivity contribution < 1.29 is 8.42 Å². The molecule has 2 N–H and O–H groups in total. The standard InChI is InChI=1S/C12H25N3O2S/c1-3-7-13-12-6-8-15(9-10(12)2)18(16,17)14-11-4-5-11/h10-14H,3-9H2,1-2H3. The zero-order valence-corrected chi connectivity index (χ0v) is 12.2. The van der Waals surface area contributed by atoms with Gasteiger partial charge in [0.2, 0.25) is 0 Å². The van der Waals surface area contributed by atoms with Crippen LogP contribution in [0.2, 0.25) is 0 Å². The van der Waals surface area contributed by atoms with Gasteiger partial charge in [-0.2, -0.15) is 17.4 Å². The van der Waals surface area contributed by atoms with Crippen molar-refractivity contribution in [1.82, 2.24) is 14.3 Å². The molecule has 2 rings (SSSR count). The van der Waals surface area contributed by atoms with Crippen LogP contribution in [0, 0.1) is 5.92 Å². The maximum absolute atomic E-state index is 12.1. The van der Waals surface area contributed by atoms with E-state index < -0.39 is 10.2 Å². The lowest BCUT2D eigenvalue weighted by atomic mass is 9.95. The lowest BCUT2D eigenvalue weighted by Gasteiger charge is -2.36. The largest absolute Gasteiger partial charge is 0.314 e. The van der Waals surface area contributed by atoms with Gasteiger partial charge in [0.05, 0.1) is 0 Å². The quantitative estimate of drug-likeness (QED) is 0.750. The van der Waals surface area contributed by atoms with Gasteiger partial charge in [0.15, 0.2) is 0 Å². The van der Waals surface area contributed by atoms with Crippen LogP contribution in [0.1, 0.15) is 39.5 Å². The highest BCUT2D eigenvalue weighted by Crippen LogP contribution is 2.23. The minimum atomic E-state index is -3.24. The van der Waals surface area contributed by atoms with Crippen LogP contribution in [-0.2, 0) is 10.2 Å². The molecule has 0 spiro atoms. The molecule has 1 aliphatic carbocycles. The van der Waals surface area contributed by atoms with Crippen LogP contribution in [0.15, 0.2) is 0 Å². The summed E-state index contributed by atoms with van der Waals surface area (Å²) < 4.78 is 28.6. The number of piperidine rings is 1. The van der Waals surface area contributed by atoms with Crippen molar-refractivity contribution in [3.8, 4) is 0 Å². The monoisotopic (exact) mass is 275 g/mol. The summed E-state index contributed by atoms with van der Waals surface area (Å²) in [6, 6.07) is 0.651. The van der Waals surface area contributed by atoms with E-state index in [1.165, 1.54) is 0 Å². The summed E-state index contributed by atoms with van der Waals surface area (Å²) in [5.41, 5.74) is 0. The minimum absolute atomic E-state index is 0.196. The maximum atomic E-state index is 12.1. The van der Waals surface area contributed by atoms with E-state index in [0.717, 1.165) is 32.2 Å². The second-order valence-corrected chi connectivity index (χ2v) is 7.28. The van der Waals surface area contributed by atoms with Crippen molar-refractivity contribution in [2.75, 3.05) is 19.6 Å². The van der Waals surface area contributed by atoms with Gasteiger partial charge < -0.3 is 5.32 Å². The van der Waals surface area contributed by atoms with E-state index in [4.69, 9.17) is 0 Å². The fraction of sp³-hybridized carbons (Fsp3) is 1.00. The number of nitrogens with one attached hydrogen (secondary N) is 2. The molecular formula is C12H25N3O2S. The SMILES string of the molecule is CCCNC1CCN(S(=O)(=O)NC2CC2)CC1C. The highest BCUT2D eigenvalue weighted by atomic mass is 32.2. The highest BCUT2D eigenvalue weighted by molar-refractivity contribution is 7.87. The Kier molecular flexibility index (Phi) is 4.64. The van der Waals surface area contributed by atoms with Crippen molar-refractivity contribution in [1.29, 1.82) is 0 Å². The second kappa shape index (κ2) is 5.86. The molecule has 2 aliphatic rings. The molecule has 2 atom stereocenters. The molecule has 2 unspecified atom stereocenters. The predicted molar refractivity (Wildman–Crippen MR) is 72.5 cm³/mol. The molecule has 6 heteroatoms. The first-order valence-electron chi connectivity index (χ1n) is 7.03. The average molecular weight is 275 g/mol. The van der Waals surface area contributed by atoms with Crippen LogP contribution < -0.4 is 10.0 Å². The summed E-state index contributed by atoms with van der Waals surface area (Å²) in [5, 5.41) is 3.50. The Hall–Kier alpha value is -0.170. The minimum Gasteiger partial charge on any atom is -0.314 e. The number of rotatable bonds is 6. The molecule has 0 bridgehead atoms. The molecule has 0 radical (unpaired) electrons. The van der Waals surface area contributed by atoms with Crippen LogP contribution >= 0.6 is 0 Å². The first-order valence-corrected chi connectivity index (χ1v) is 8.47. The molecule has 0 aromatic heterocycles. The van der Waals surface area contributed by atoms with Gasteiger partial charge in [0.1, 0.15) is 0 Å². The zero-order chi connectivity index (χ0) is 13.2. The van der Waals surface area contributed by atoms with E-state index in [-0.39, 0.29) is 6.04 Å². The topological polar surface area (TPSA) is 61.4 Å². The van der Waals surface area contributed by atoms with E-state index in [1.807, 2.05) is 0 Å². The molecule has 1 saturated carbocycles. The van der Waals surface area contributed by atoms with Crippen LogP contribution in [0.25, 0.3) is 0 Å². The molecule has 106 valence electrons. The smallest absolute Gasteiger partial charge is 0.279 e. The Morgan fingerprint density at radius 1 is 1.28 bits per heavy atom. The Bertz CT molecular complexity index is 368. The molecular weight excluding hydrogens is 250 g/mol. The van der Waals surface area contributed by atoms with Crippen molar-refractivity contribution in [3.63, 3.8) is 0 Å². The Labute approximate surface area is 110 Å². The molecule has 0 amide bonds. The number of nitrogens with zero attached hydrogens (tertiary/aromatic N) is 1. The van der Waals surface area contributed by atoms with Gasteiger partial charge >= 0.3 is 0 Å². The maximum Gasteiger partial charge on any atom is 0.279 e. The van der Waals surface area contributed by atoms with Gasteiger partial charge in [-0.05, 0) is 38.1 Å². The molecule has 1 saturated heterocycles. The Morgan fingerprint density at radius 3 is 2.56 bits per heavy atom. The van der Waals surface area contributed by atoms with Crippen LogP contribution in [-0.4, -0.2) is 44.4 Å². The van der Waals surface area contributed by atoms with Gasteiger partial charge in [-0.1, -0.05) is 13.8 Å². The molecule has 18 heavy (non-hydrogen) atoms. The summed E-state index contributed by atoms with van der Waals surface area (Å²) >= 11 is 0. The molecule has 5 nitrogen and oxygen atoms in total. The van der Waals surface area contributed by atoms with Crippen molar-refractivity contribution in [2.45, 2.75) is 51.6 Å². The molecule has 2 fully saturated rings. The van der Waals surface area contributed by atoms with Crippen LogP contribution in [0.3, 0.4) is 0 Å². The van der Waals surface area contributed by atoms with Gasteiger partial charge in [-0.15, -0.1) is 0 Å². The molecule has 0 aromatic carbocycles. The molecule has 1 aliphatic heterocycles. The summed E-state index contributed by atoms with van der Waals surface area (Å²) in [5.74, 6) is 0.376. The van der Waals surface area contributed by atoms with Gasteiger partial charge in [-0.3, -0.25) is 0 Å². The lowest BCUT2D eigenvalue weighted by Crippen LogP contribution is -2.53. The Morgan fingerprint density at radius 2 is 2.00 bits per heavy atom.